The number of nitrogens with zero attached hydrogens (tertiary/aromatic N) is 2. The van der Waals surface area contributed by atoms with Crippen molar-refractivity contribution < 1.29 is 23.5 Å². The van der Waals surface area contributed by atoms with Crippen molar-refractivity contribution >= 4 is 29.4 Å². The Labute approximate surface area is 144 Å². The van der Waals surface area contributed by atoms with Crippen LogP contribution in [0.15, 0.2) is 18.6 Å². The molecular weight excluding hydrogens is 333 g/mol. The van der Waals surface area contributed by atoms with Crippen molar-refractivity contribution in [2.24, 2.45) is 0 Å². The molecule has 0 fully saturated rings. The molecule has 0 radical (unpaired) electrons. The third-order valence-electron chi connectivity index (χ3n) is 3.26. The minimum Gasteiger partial charge on any atom is -0.497 e. The molecule has 0 aromatic carbocycles. The molecular formula is C15H20FN5O4. The number of rotatable bonds is 10. The van der Waals surface area contributed by atoms with Crippen molar-refractivity contribution in [3.8, 4) is 0 Å². The number of nitrogens with one attached hydrogen (secondary N) is 3. The first kappa shape index (κ1) is 18.5. The monoisotopic (exact) mass is 353 g/mol. The van der Waals surface area contributed by atoms with Crippen LogP contribution in [-0.2, 0) is 14.3 Å². The van der Waals surface area contributed by atoms with Gasteiger partial charge in [0, 0.05) is 12.6 Å². The molecule has 0 atom stereocenters. The van der Waals surface area contributed by atoms with Gasteiger partial charge in [-0.25, -0.2) is 4.98 Å². The van der Waals surface area contributed by atoms with Gasteiger partial charge >= 0.3 is 0 Å². The van der Waals surface area contributed by atoms with E-state index in [1.165, 1.54) is 18.6 Å². The first-order valence-electron chi connectivity index (χ1n) is 7.67. The van der Waals surface area contributed by atoms with Gasteiger partial charge in [0.05, 0.1) is 37.7 Å². The van der Waals surface area contributed by atoms with E-state index < -0.39 is 5.91 Å². The lowest BCUT2D eigenvalue weighted by molar-refractivity contribution is -0.122. The molecule has 2 rings (SSSR count). The van der Waals surface area contributed by atoms with Crippen molar-refractivity contribution in [2.45, 2.75) is 6.42 Å². The summed E-state index contributed by atoms with van der Waals surface area (Å²) in [6, 6.07) is 1.36. The Morgan fingerprint density at radius 2 is 2.16 bits per heavy atom. The van der Waals surface area contributed by atoms with E-state index in [0.29, 0.717) is 37.5 Å². The number of hydrogen-bond donors (Lipinski definition) is 3. The minimum absolute atomic E-state index is 0.0174. The van der Waals surface area contributed by atoms with Crippen LogP contribution >= 0.6 is 0 Å². The molecule has 10 heteroatoms. The fourth-order valence-corrected chi connectivity index (χ4v) is 2.04. The Morgan fingerprint density at radius 1 is 1.40 bits per heavy atom. The normalized spacial score (nSPS) is 12.2. The van der Waals surface area contributed by atoms with Gasteiger partial charge in [0.15, 0.2) is 12.1 Å². The molecule has 1 amide bonds. The minimum atomic E-state index is -0.834. The molecule has 1 aromatic rings. The van der Waals surface area contributed by atoms with Gasteiger partial charge in [-0.3, -0.25) is 9.59 Å². The maximum Gasteiger partial charge on any atom is 0.260 e. The van der Waals surface area contributed by atoms with Gasteiger partial charge in [-0.15, -0.1) is 5.12 Å². The van der Waals surface area contributed by atoms with Crippen LogP contribution in [0.25, 0.3) is 0 Å². The summed E-state index contributed by atoms with van der Waals surface area (Å²) in [5.74, 6) is -1.09. The van der Waals surface area contributed by atoms with Crippen LogP contribution in [-0.4, -0.2) is 50.7 Å². The van der Waals surface area contributed by atoms with Gasteiger partial charge in [0.25, 0.3) is 5.91 Å². The first-order chi connectivity index (χ1) is 12.2. The number of likely N-dealkylation sites (N-methyl/N-ethyl adjacent to an activating group) is 1. The molecule has 0 unspecified atom stereocenters. The highest BCUT2D eigenvalue weighted by Crippen LogP contribution is 2.32. The lowest BCUT2D eigenvalue weighted by Gasteiger charge is -2.13. The molecule has 0 saturated carbocycles. The summed E-state index contributed by atoms with van der Waals surface area (Å²) in [4.78, 5) is 26.8. The maximum atomic E-state index is 14.2. The summed E-state index contributed by atoms with van der Waals surface area (Å²) < 4.78 is 24.3. The number of aldehydes is 1. The summed E-state index contributed by atoms with van der Waals surface area (Å²) >= 11 is 0. The number of carbonyl (C=O) groups is 2. The van der Waals surface area contributed by atoms with E-state index in [9.17, 15) is 14.1 Å². The van der Waals surface area contributed by atoms with Gasteiger partial charge in [-0.1, -0.05) is 4.48 Å². The number of carbonyl (C=O) groups excluding carboxylic acids is 2. The summed E-state index contributed by atoms with van der Waals surface area (Å²) in [6.07, 6.45) is 2.95. The molecule has 0 aliphatic carbocycles. The van der Waals surface area contributed by atoms with E-state index >= 15 is 0 Å². The molecule has 1 aromatic heterocycles. The van der Waals surface area contributed by atoms with Crippen molar-refractivity contribution in [2.75, 3.05) is 49.2 Å². The Bertz CT molecular complexity index is 641. The zero-order valence-electron chi connectivity index (χ0n) is 13.8. The zero-order valence-corrected chi connectivity index (χ0v) is 13.8. The van der Waals surface area contributed by atoms with Gasteiger partial charge in [-0.05, 0) is 7.05 Å². The topological polar surface area (TPSA) is 105 Å². The molecule has 3 N–H and O–H groups in total. The fraction of sp³-hybridized carbons (Fsp3) is 0.400. The Hall–Kier alpha value is -2.88. The van der Waals surface area contributed by atoms with Crippen LogP contribution < -0.4 is 21.1 Å². The molecule has 0 spiro atoms. The highest BCUT2D eigenvalue weighted by molar-refractivity contribution is 5.95. The second-order valence-corrected chi connectivity index (χ2v) is 4.98. The van der Waals surface area contributed by atoms with E-state index in [2.05, 4.69) is 20.9 Å². The van der Waals surface area contributed by atoms with Crippen LogP contribution in [0.2, 0.25) is 0 Å². The number of anilines is 3. The van der Waals surface area contributed by atoms with Crippen LogP contribution in [0.3, 0.4) is 0 Å². The molecule has 1 aliphatic heterocycles. The number of pyridine rings is 1. The average molecular weight is 353 g/mol. The predicted molar refractivity (Wildman–Crippen MR) is 89.9 cm³/mol. The van der Waals surface area contributed by atoms with E-state index in [-0.39, 0.29) is 29.7 Å². The second kappa shape index (κ2) is 9.42. The lowest BCUT2D eigenvalue weighted by Crippen LogP contribution is -2.24. The average Bonchev–Trinajstić information content (AvgIpc) is 3.10. The third kappa shape index (κ3) is 5.05. The summed E-state index contributed by atoms with van der Waals surface area (Å²) in [5, 5.41) is 8.65. The van der Waals surface area contributed by atoms with Gasteiger partial charge < -0.3 is 25.4 Å². The van der Waals surface area contributed by atoms with E-state index in [0.717, 1.165) is 0 Å². The second-order valence-electron chi connectivity index (χ2n) is 4.98. The van der Waals surface area contributed by atoms with E-state index in [4.69, 9.17) is 9.47 Å². The first-order valence-corrected chi connectivity index (χ1v) is 7.67. The number of aromatic nitrogens is 1. The standard InChI is InChI=1S/C15H20FN5O4/c1-17-3-5-25-7-6-24-4-2-14(23)21(16)13-8-11-15(19-10-18-11)12(9-22)20-13/h6-9,17-19H,2-5,10H2,1H3/b7-6-. The summed E-state index contributed by atoms with van der Waals surface area (Å²) in [5.41, 5.74) is 1.04. The van der Waals surface area contributed by atoms with Crippen LogP contribution in [0.5, 0.6) is 0 Å². The largest absolute Gasteiger partial charge is 0.497 e. The predicted octanol–water partition coefficient (Wildman–Crippen LogP) is 1.02. The molecule has 25 heavy (non-hydrogen) atoms. The maximum absolute atomic E-state index is 14.2. The number of hydrogen-bond acceptors (Lipinski definition) is 8. The van der Waals surface area contributed by atoms with Crippen molar-refractivity contribution in [1.82, 2.24) is 10.3 Å². The number of ether oxygens (including phenoxy) is 2. The van der Waals surface area contributed by atoms with E-state index in [1.807, 2.05) is 0 Å². The van der Waals surface area contributed by atoms with Crippen molar-refractivity contribution in [3.05, 3.63) is 24.3 Å². The quantitative estimate of drug-likeness (QED) is 0.248. The molecule has 1 aliphatic rings. The summed E-state index contributed by atoms with van der Waals surface area (Å²) in [7, 11) is 1.80. The van der Waals surface area contributed by atoms with Crippen LogP contribution in [0, 0.1) is 0 Å². The Balaban J connectivity index is 1.83. The number of fused-ring (bicyclic) bond motifs is 1. The highest BCUT2D eigenvalue weighted by atomic mass is 19.2. The molecule has 0 saturated heterocycles. The molecule has 0 bridgehead atoms. The Kier molecular flexibility index (Phi) is 6.96. The van der Waals surface area contributed by atoms with Gasteiger partial charge in [-0.2, -0.15) is 0 Å². The van der Waals surface area contributed by atoms with Gasteiger partial charge in [0.2, 0.25) is 0 Å². The molecule has 136 valence electrons. The highest BCUT2D eigenvalue weighted by Gasteiger charge is 2.22. The van der Waals surface area contributed by atoms with Crippen LogP contribution in [0.1, 0.15) is 16.9 Å². The van der Waals surface area contributed by atoms with Crippen molar-refractivity contribution in [1.29, 1.82) is 0 Å². The zero-order chi connectivity index (χ0) is 18.1. The lowest BCUT2D eigenvalue weighted by atomic mass is 10.2. The summed E-state index contributed by atoms with van der Waals surface area (Å²) in [6.45, 7) is 1.56. The smallest absolute Gasteiger partial charge is 0.260 e. The number of amides is 1. The SMILES string of the molecule is CNCCO/C=C\OCCC(=O)N(F)c1cc2c(c(C=O)n1)NCN2. The van der Waals surface area contributed by atoms with Crippen molar-refractivity contribution in [3.63, 3.8) is 0 Å². The number of halogens is 1. The Morgan fingerprint density at radius 3 is 2.88 bits per heavy atom. The fourth-order valence-electron chi connectivity index (χ4n) is 2.04. The molecule has 2 heterocycles. The van der Waals surface area contributed by atoms with Crippen LogP contribution in [0.4, 0.5) is 21.7 Å². The third-order valence-corrected chi connectivity index (χ3v) is 3.26. The van der Waals surface area contributed by atoms with E-state index in [1.54, 1.807) is 7.05 Å². The van der Waals surface area contributed by atoms with Gasteiger partial charge in [0.1, 0.15) is 18.2 Å². The molecule has 9 nitrogen and oxygen atoms in total.